The zero-order chi connectivity index (χ0) is 20.7. The van der Waals surface area contributed by atoms with Crippen LogP contribution in [0.2, 0.25) is 0 Å². The number of halogens is 3. The lowest BCUT2D eigenvalue weighted by molar-refractivity contribution is 0.245. The number of nitrogens with zero attached hydrogens (tertiary/aromatic N) is 5. The molecule has 1 aliphatic heterocycles. The van der Waals surface area contributed by atoms with Crippen LogP contribution in [0.25, 0.3) is 11.0 Å². The van der Waals surface area contributed by atoms with Gasteiger partial charge in [-0.3, -0.25) is 9.88 Å². The van der Waals surface area contributed by atoms with E-state index in [1.54, 1.807) is 12.4 Å². The summed E-state index contributed by atoms with van der Waals surface area (Å²) < 4.78 is 40.6. The van der Waals surface area contributed by atoms with Gasteiger partial charge in [0.25, 0.3) is 0 Å². The van der Waals surface area contributed by atoms with E-state index in [1.807, 2.05) is 11.0 Å². The maximum absolute atomic E-state index is 14.0. The highest BCUT2D eigenvalue weighted by atomic mass is 19.2. The Morgan fingerprint density at radius 2 is 1.70 bits per heavy atom. The van der Waals surface area contributed by atoms with E-state index in [0.717, 1.165) is 41.6 Å². The van der Waals surface area contributed by atoms with Crippen LogP contribution in [0.1, 0.15) is 18.4 Å². The van der Waals surface area contributed by atoms with Crippen LogP contribution < -0.4 is 10.2 Å². The first-order valence-corrected chi connectivity index (χ1v) is 10.1. The number of fused-ring (bicyclic) bond motifs is 1. The minimum absolute atomic E-state index is 0.163. The summed E-state index contributed by atoms with van der Waals surface area (Å²) in [5.41, 5.74) is 1.70. The Balaban J connectivity index is 1.32. The number of piperazine rings is 1. The van der Waals surface area contributed by atoms with E-state index in [2.05, 4.69) is 15.2 Å². The minimum atomic E-state index is -1.16. The van der Waals surface area contributed by atoms with Gasteiger partial charge in [-0.2, -0.15) is 0 Å². The molecule has 2 aliphatic rings. The Hall–Kier alpha value is -2.94. The summed E-state index contributed by atoms with van der Waals surface area (Å²) in [5.74, 6) is -1.35. The van der Waals surface area contributed by atoms with E-state index in [0.29, 0.717) is 38.3 Å². The zero-order valence-electron chi connectivity index (χ0n) is 16.3. The SMILES string of the molecule is Fc1cc(F)c(CN2CCN(c3nc4ccncc4nc3NC3CC3)CC2)cc1F. The van der Waals surface area contributed by atoms with Crippen molar-refractivity contribution in [2.75, 3.05) is 36.4 Å². The van der Waals surface area contributed by atoms with Gasteiger partial charge in [0, 0.05) is 56.6 Å². The molecule has 9 heteroatoms. The highest BCUT2D eigenvalue weighted by molar-refractivity contribution is 5.80. The summed E-state index contributed by atoms with van der Waals surface area (Å²) in [4.78, 5) is 17.9. The molecule has 0 unspecified atom stereocenters. The van der Waals surface area contributed by atoms with Gasteiger partial charge >= 0.3 is 0 Å². The number of hydrogen-bond donors (Lipinski definition) is 1. The first-order chi connectivity index (χ1) is 14.6. The Bertz CT molecular complexity index is 1080. The molecular weight excluding hydrogens is 393 g/mol. The average molecular weight is 414 g/mol. The summed E-state index contributed by atoms with van der Waals surface area (Å²) >= 11 is 0. The van der Waals surface area contributed by atoms with Gasteiger partial charge in [-0.15, -0.1) is 0 Å². The molecule has 0 spiro atoms. The van der Waals surface area contributed by atoms with Crippen molar-refractivity contribution in [3.8, 4) is 0 Å². The number of aromatic nitrogens is 3. The molecular formula is C21H21F3N6. The normalized spacial score (nSPS) is 17.5. The highest BCUT2D eigenvalue weighted by Crippen LogP contribution is 2.31. The number of benzene rings is 1. The number of pyridine rings is 1. The standard InChI is InChI=1S/C21H21F3N6/c22-15-10-17(24)16(23)9-13(15)12-29-5-7-30(8-6-29)21-20(26-14-1-2-14)27-19-11-25-4-3-18(19)28-21/h3-4,9-11,14H,1-2,5-8,12H2,(H,26,27). The summed E-state index contributed by atoms with van der Waals surface area (Å²) in [6.07, 6.45) is 5.65. The van der Waals surface area contributed by atoms with Crippen molar-refractivity contribution in [3.63, 3.8) is 0 Å². The molecule has 0 radical (unpaired) electrons. The number of rotatable bonds is 5. The van der Waals surface area contributed by atoms with E-state index in [-0.39, 0.29) is 12.1 Å². The Labute approximate surface area is 171 Å². The monoisotopic (exact) mass is 414 g/mol. The second-order valence-corrected chi connectivity index (χ2v) is 7.80. The van der Waals surface area contributed by atoms with Crippen LogP contribution in [0, 0.1) is 17.5 Å². The first-order valence-electron chi connectivity index (χ1n) is 10.1. The number of hydrogen-bond acceptors (Lipinski definition) is 6. The zero-order valence-corrected chi connectivity index (χ0v) is 16.3. The van der Waals surface area contributed by atoms with Gasteiger partial charge in [-0.05, 0) is 25.0 Å². The molecule has 30 heavy (non-hydrogen) atoms. The summed E-state index contributed by atoms with van der Waals surface area (Å²) in [5, 5.41) is 3.46. The summed E-state index contributed by atoms with van der Waals surface area (Å²) in [7, 11) is 0. The van der Waals surface area contributed by atoms with Crippen molar-refractivity contribution in [3.05, 3.63) is 53.6 Å². The Morgan fingerprint density at radius 1 is 0.933 bits per heavy atom. The molecule has 0 atom stereocenters. The molecule has 1 saturated heterocycles. The van der Waals surface area contributed by atoms with Gasteiger partial charge in [0.1, 0.15) is 11.3 Å². The molecule has 0 amide bonds. The maximum Gasteiger partial charge on any atom is 0.172 e. The lowest BCUT2D eigenvalue weighted by Gasteiger charge is -2.36. The van der Waals surface area contributed by atoms with Crippen LogP contribution in [-0.4, -0.2) is 52.1 Å². The van der Waals surface area contributed by atoms with E-state index in [1.165, 1.54) is 0 Å². The molecule has 1 aromatic carbocycles. The molecule has 5 rings (SSSR count). The molecule has 1 N–H and O–H groups in total. The summed E-state index contributed by atoms with van der Waals surface area (Å²) in [6.45, 7) is 2.89. The van der Waals surface area contributed by atoms with Crippen LogP contribution >= 0.6 is 0 Å². The molecule has 3 heterocycles. The fourth-order valence-electron chi connectivity index (χ4n) is 3.68. The van der Waals surface area contributed by atoms with Gasteiger partial charge in [0.2, 0.25) is 0 Å². The van der Waals surface area contributed by atoms with Crippen LogP contribution in [0.15, 0.2) is 30.6 Å². The first kappa shape index (κ1) is 19.0. The molecule has 6 nitrogen and oxygen atoms in total. The molecule has 0 bridgehead atoms. The van der Waals surface area contributed by atoms with E-state index in [9.17, 15) is 13.2 Å². The second-order valence-electron chi connectivity index (χ2n) is 7.80. The van der Waals surface area contributed by atoms with Crippen molar-refractivity contribution in [2.45, 2.75) is 25.4 Å². The lowest BCUT2D eigenvalue weighted by Crippen LogP contribution is -2.46. The van der Waals surface area contributed by atoms with Gasteiger partial charge in [0.05, 0.1) is 11.7 Å². The molecule has 156 valence electrons. The minimum Gasteiger partial charge on any atom is -0.364 e. The summed E-state index contributed by atoms with van der Waals surface area (Å²) in [6, 6.07) is 3.83. The molecule has 1 aliphatic carbocycles. The number of nitrogens with one attached hydrogen (secondary N) is 1. The van der Waals surface area contributed by atoms with Gasteiger partial charge in [0.15, 0.2) is 23.3 Å². The fraction of sp³-hybridized carbons (Fsp3) is 0.381. The van der Waals surface area contributed by atoms with E-state index < -0.39 is 17.5 Å². The second kappa shape index (κ2) is 7.71. The van der Waals surface area contributed by atoms with Crippen LogP contribution in [-0.2, 0) is 6.54 Å². The molecule has 1 saturated carbocycles. The predicted octanol–water partition coefficient (Wildman–Crippen LogP) is 3.34. The smallest absolute Gasteiger partial charge is 0.172 e. The quantitative estimate of drug-likeness (QED) is 0.647. The Morgan fingerprint density at radius 3 is 2.47 bits per heavy atom. The third-order valence-electron chi connectivity index (χ3n) is 5.52. The van der Waals surface area contributed by atoms with Gasteiger partial charge in [-0.1, -0.05) is 0 Å². The fourth-order valence-corrected chi connectivity index (χ4v) is 3.68. The van der Waals surface area contributed by atoms with Crippen molar-refractivity contribution in [1.29, 1.82) is 0 Å². The average Bonchev–Trinajstić information content (AvgIpc) is 3.56. The van der Waals surface area contributed by atoms with Crippen LogP contribution in [0.5, 0.6) is 0 Å². The lowest BCUT2D eigenvalue weighted by atomic mass is 10.1. The van der Waals surface area contributed by atoms with Gasteiger partial charge in [-0.25, -0.2) is 23.1 Å². The van der Waals surface area contributed by atoms with Crippen molar-refractivity contribution < 1.29 is 13.2 Å². The van der Waals surface area contributed by atoms with Crippen molar-refractivity contribution in [2.24, 2.45) is 0 Å². The molecule has 2 aromatic heterocycles. The highest BCUT2D eigenvalue weighted by Gasteiger charge is 2.27. The van der Waals surface area contributed by atoms with E-state index >= 15 is 0 Å². The Kier molecular flexibility index (Phi) is 4.90. The number of anilines is 2. The van der Waals surface area contributed by atoms with Crippen LogP contribution in [0.3, 0.4) is 0 Å². The third kappa shape index (κ3) is 3.89. The molecule has 3 aromatic rings. The van der Waals surface area contributed by atoms with Crippen molar-refractivity contribution >= 4 is 22.7 Å². The maximum atomic E-state index is 14.0. The molecule has 2 fully saturated rings. The largest absolute Gasteiger partial charge is 0.364 e. The van der Waals surface area contributed by atoms with Crippen LogP contribution in [0.4, 0.5) is 24.8 Å². The van der Waals surface area contributed by atoms with Gasteiger partial charge < -0.3 is 10.2 Å². The third-order valence-corrected chi connectivity index (χ3v) is 5.52. The van der Waals surface area contributed by atoms with E-state index in [4.69, 9.17) is 9.97 Å². The topological polar surface area (TPSA) is 57.2 Å². The van der Waals surface area contributed by atoms with Crippen molar-refractivity contribution in [1.82, 2.24) is 19.9 Å². The predicted molar refractivity (Wildman–Crippen MR) is 108 cm³/mol.